The molecule has 7 N–H and O–H groups in total. The number of hydrogen-bond donors (Lipinski definition) is 4. The van der Waals surface area contributed by atoms with Gasteiger partial charge in [0.1, 0.15) is 5.82 Å². The van der Waals surface area contributed by atoms with Crippen molar-refractivity contribution in [1.82, 2.24) is 10.2 Å². The molecule has 0 spiro atoms. The highest BCUT2D eigenvalue weighted by atomic mass is 15.1. The van der Waals surface area contributed by atoms with E-state index in [1.807, 2.05) is 0 Å². The van der Waals surface area contributed by atoms with E-state index < -0.39 is 0 Å². The molecule has 0 saturated carbocycles. The summed E-state index contributed by atoms with van der Waals surface area (Å²) in [5.74, 6) is 1.00. The van der Waals surface area contributed by atoms with Crippen LogP contribution in [0.5, 0.6) is 0 Å². The highest BCUT2D eigenvalue weighted by molar-refractivity contribution is 4.88. The van der Waals surface area contributed by atoms with Crippen molar-refractivity contribution < 1.29 is 0 Å². The largest absolute Gasteiger partial charge is 0.387 e. The summed E-state index contributed by atoms with van der Waals surface area (Å²) in [5, 5.41) is 3.11. The average Bonchev–Trinajstić information content (AvgIpc) is 2.39. The first-order valence-corrected chi connectivity index (χ1v) is 7.97. The second-order valence-electron chi connectivity index (χ2n) is 6.00. The third kappa shape index (κ3) is 13.5. The van der Waals surface area contributed by atoms with E-state index in [0.717, 1.165) is 32.6 Å². The molecule has 0 amide bonds. The Labute approximate surface area is 130 Å². The van der Waals surface area contributed by atoms with Gasteiger partial charge < -0.3 is 27.4 Å². The monoisotopic (exact) mass is 297 g/mol. The minimum absolute atomic E-state index is 0.311. The summed E-state index contributed by atoms with van der Waals surface area (Å²) in [6.45, 7) is 12.9. The summed E-state index contributed by atoms with van der Waals surface area (Å²) in [6, 6.07) is 0. The lowest BCUT2D eigenvalue weighted by Crippen LogP contribution is -2.37. The summed E-state index contributed by atoms with van der Waals surface area (Å²) >= 11 is 0. The summed E-state index contributed by atoms with van der Waals surface area (Å²) in [4.78, 5) is 2.40. The second-order valence-corrected chi connectivity index (χ2v) is 6.00. The van der Waals surface area contributed by atoms with Crippen LogP contribution in [0.1, 0.15) is 39.5 Å². The van der Waals surface area contributed by atoms with E-state index in [9.17, 15) is 0 Å². The lowest BCUT2D eigenvalue weighted by Gasteiger charge is -2.25. The average molecular weight is 297 g/mol. The minimum Gasteiger partial charge on any atom is -0.387 e. The topological polar surface area (TPSA) is 93.3 Å². The van der Waals surface area contributed by atoms with Gasteiger partial charge in [0.25, 0.3) is 0 Å². The molecule has 0 aromatic rings. The van der Waals surface area contributed by atoms with Crippen LogP contribution < -0.4 is 22.5 Å². The highest BCUT2D eigenvalue weighted by Crippen LogP contribution is 2.13. The molecule has 0 radical (unpaired) electrons. The number of nitrogens with two attached hydrogens (primary N) is 3. The van der Waals surface area contributed by atoms with Gasteiger partial charge >= 0.3 is 0 Å². The van der Waals surface area contributed by atoms with Crippen LogP contribution in [0.3, 0.4) is 0 Å². The lowest BCUT2D eigenvalue weighted by atomic mass is 10.0. The molecule has 0 aliphatic heterocycles. The van der Waals surface area contributed by atoms with Crippen LogP contribution >= 0.6 is 0 Å². The molecule has 0 aromatic heterocycles. The van der Waals surface area contributed by atoms with E-state index in [0.29, 0.717) is 18.3 Å². The third-order valence-electron chi connectivity index (χ3n) is 3.41. The molecule has 0 heterocycles. The van der Waals surface area contributed by atoms with Crippen molar-refractivity contribution in [2.24, 2.45) is 23.1 Å². The lowest BCUT2D eigenvalue weighted by molar-refractivity contribution is 0.238. The Morgan fingerprint density at radius 1 is 1.29 bits per heavy atom. The number of allylic oxidation sites excluding steroid dienone is 1. The van der Waals surface area contributed by atoms with Crippen molar-refractivity contribution in [1.29, 1.82) is 0 Å². The molecule has 0 bridgehead atoms. The molecule has 0 aliphatic rings. The Bertz CT molecular complexity index is 297. The van der Waals surface area contributed by atoms with Gasteiger partial charge in [-0.1, -0.05) is 18.9 Å². The van der Waals surface area contributed by atoms with Gasteiger partial charge in [0, 0.05) is 38.9 Å². The molecule has 5 heteroatoms. The Balaban J connectivity index is 3.88. The fourth-order valence-electron chi connectivity index (χ4n) is 2.34. The van der Waals surface area contributed by atoms with E-state index >= 15 is 0 Å². The van der Waals surface area contributed by atoms with E-state index in [-0.39, 0.29) is 0 Å². The molecule has 124 valence electrons. The molecule has 21 heavy (non-hydrogen) atoms. The van der Waals surface area contributed by atoms with Crippen LogP contribution in [0.2, 0.25) is 0 Å². The van der Waals surface area contributed by atoms with Gasteiger partial charge in [-0.05, 0) is 32.1 Å². The molecular weight excluding hydrogens is 262 g/mol. The van der Waals surface area contributed by atoms with Crippen molar-refractivity contribution in [3.05, 3.63) is 24.2 Å². The molecule has 0 rings (SSSR count). The zero-order valence-corrected chi connectivity index (χ0v) is 13.9. The van der Waals surface area contributed by atoms with Crippen molar-refractivity contribution in [2.45, 2.75) is 39.5 Å². The highest BCUT2D eigenvalue weighted by Gasteiger charge is 2.09. The second kappa shape index (κ2) is 12.5. The van der Waals surface area contributed by atoms with Gasteiger partial charge in [0.15, 0.2) is 0 Å². The molecule has 5 nitrogen and oxygen atoms in total. The van der Waals surface area contributed by atoms with Crippen LogP contribution in [-0.4, -0.2) is 37.6 Å². The predicted molar refractivity (Wildman–Crippen MR) is 92.4 cm³/mol. The standard InChI is InChI=1S/C16H35N5/c1-14(2)6-4-5-7-15(3)13-21(10-8-17)11-9-20-12-16(18)19/h12,15,20H,1,4-11,13,17-19H2,2-3H3. The summed E-state index contributed by atoms with van der Waals surface area (Å²) in [5.41, 5.74) is 17.7. The molecule has 0 saturated heterocycles. The van der Waals surface area contributed by atoms with Crippen molar-refractivity contribution in [3.63, 3.8) is 0 Å². The smallest absolute Gasteiger partial charge is 0.110 e. The van der Waals surface area contributed by atoms with Crippen LogP contribution in [0.4, 0.5) is 0 Å². The van der Waals surface area contributed by atoms with Gasteiger partial charge in [0.2, 0.25) is 0 Å². The molecule has 1 atom stereocenters. The molecule has 0 aliphatic carbocycles. The van der Waals surface area contributed by atoms with Crippen molar-refractivity contribution >= 4 is 0 Å². The van der Waals surface area contributed by atoms with Gasteiger partial charge in [-0.3, -0.25) is 0 Å². The molecule has 1 unspecified atom stereocenters. The Kier molecular flexibility index (Phi) is 11.8. The quantitative estimate of drug-likeness (QED) is 0.304. The molecule has 0 fully saturated rings. The number of hydrogen-bond acceptors (Lipinski definition) is 5. The van der Waals surface area contributed by atoms with Gasteiger partial charge in [-0.15, -0.1) is 6.58 Å². The Morgan fingerprint density at radius 2 is 2.00 bits per heavy atom. The summed E-state index contributed by atoms with van der Waals surface area (Å²) in [7, 11) is 0. The van der Waals surface area contributed by atoms with Gasteiger partial charge in [0.05, 0.1) is 0 Å². The number of rotatable bonds is 13. The van der Waals surface area contributed by atoms with Crippen molar-refractivity contribution in [3.8, 4) is 0 Å². The third-order valence-corrected chi connectivity index (χ3v) is 3.41. The van der Waals surface area contributed by atoms with Gasteiger partial charge in [-0.25, -0.2) is 0 Å². The SMILES string of the molecule is C=C(C)CCCCC(C)CN(CCN)CCNC=C(N)N. The van der Waals surface area contributed by atoms with Gasteiger partial charge in [-0.2, -0.15) is 0 Å². The van der Waals surface area contributed by atoms with E-state index in [4.69, 9.17) is 17.2 Å². The Morgan fingerprint density at radius 3 is 2.57 bits per heavy atom. The zero-order valence-electron chi connectivity index (χ0n) is 13.9. The Hall–Kier alpha value is -1.20. The van der Waals surface area contributed by atoms with Crippen LogP contribution in [0, 0.1) is 5.92 Å². The maximum absolute atomic E-state index is 5.69. The number of nitrogens with zero attached hydrogens (tertiary/aromatic N) is 1. The summed E-state index contributed by atoms with van der Waals surface area (Å²) < 4.78 is 0. The predicted octanol–water partition coefficient (Wildman–Crippen LogP) is 1.33. The van der Waals surface area contributed by atoms with E-state index in [1.165, 1.54) is 24.8 Å². The van der Waals surface area contributed by atoms with Crippen LogP contribution in [-0.2, 0) is 0 Å². The van der Waals surface area contributed by atoms with Crippen LogP contribution in [0.15, 0.2) is 24.2 Å². The summed E-state index contributed by atoms with van der Waals surface area (Å²) in [6.07, 6.45) is 6.57. The van der Waals surface area contributed by atoms with E-state index in [2.05, 4.69) is 30.6 Å². The van der Waals surface area contributed by atoms with Crippen molar-refractivity contribution in [2.75, 3.05) is 32.7 Å². The maximum Gasteiger partial charge on any atom is 0.110 e. The molecule has 0 aromatic carbocycles. The molecular formula is C16H35N5. The minimum atomic E-state index is 0.311. The normalized spacial score (nSPS) is 12.2. The first kappa shape index (κ1) is 19.8. The first-order chi connectivity index (χ1) is 9.95. The number of nitrogens with one attached hydrogen (secondary N) is 1. The number of unbranched alkanes of at least 4 members (excludes halogenated alkanes) is 1. The first-order valence-electron chi connectivity index (χ1n) is 7.97. The van der Waals surface area contributed by atoms with Crippen LogP contribution in [0.25, 0.3) is 0 Å². The fraction of sp³-hybridized carbons (Fsp3) is 0.750. The fourth-order valence-corrected chi connectivity index (χ4v) is 2.34. The van der Waals surface area contributed by atoms with E-state index in [1.54, 1.807) is 6.20 Å². The maximum atomic E-state index is 5.69. The zero-order chi connectivity index (χ0) is 16.1.